The molecular weight excluding hydrogens is 479 g/mol. The van der Waals surface area contributed by atoms with Crippen molar-refractivity contribution in [2.24, 2.45) is 0 Å². The summed E-state index contributed by atoms with van der Waals surface area (Å²) in [6, 6.07) is 9.11. The number of rotatable bonds is 13. The van der Waals surface area contributed by atoms with E-state index in [9.17, 15) is 9.59 Å². The van der Waals surface area contributed by atoms with Crippen molar-refractivity contribution in [2.45, 2.75) is 13.3 Å². The van der Waals surface area contributed by atoms with Gasteiger partial charge in [-0.3, -0.25) is 9.59 Å². The van der Waals surface area contributed by atoms with Crippen LogP contribution < -0.4 is 21.3 Å². The summed E-state index contributed by atoms with van der Waals surface area (Å²) >= 11 is 0. The first-order valence-electron chi connectivity index (χ1n) is 11.1. The lowest BCUT2D eigenvalue weighted by atomic mass is 9.80. The Bertz CT molecular complexity index is 972. The van der Waals surface area contributed by atoms with Crippen molar-refractivity contribution in [3.05, 3.63) is 58.1 Å². The highest BCUT2D eigenvalue weighted by Crippen LogP contribution is 2.37. The SMILES string of the molecule is CCc1cccc2c1C(=O)c1c(NCCNCCO)ccc(NCCNCCO)c1C2=O.Cl.Cl. The molecule has 0 atom stereocenters. The van der Waals surface area contributed by atoms with Crippen LogP contribution in [0.3, 0.4) is 0 Å². The molecule has 8 nitrogen and oxygen atoms in total. The average Bonchev–Trinajstić information content (AvgIpc) is 2.81. The maximum atomic E-state index is 13.6. The van der Waals surface area contributed by atoms with E-state index in [2.05, 4.69) is 21.3 Å². The van der Waals surface area contributed by atoms with Crippen LogP contribution in [0.5, 0.6) is 0 Å². The number of fused-ring (bicyclic) bond motifs is 2. The van der Waals surface area contributed by atoms with E-state index in [1.165, 1.54) is 0 Å². The average molecular weight is 513 g/mol. The molecule has 0 unspecified atom stereocenters. The first-order chi connectivity index (χ1) is 15.6. The lowest BCUT2D eigenvalue weighted by Crippen LogP contribution is -2.29. The lowest BCUT2D eigenvalue weighted by molar-refractivity contribution is 0.0979. The third-order valence-corrected chi connectivity index (χ3v) is 5.47. The highest BCUT2D eigenvalue weighted by Gasteiger charge is 2.35. The molecule has 1 aliphatic rings. The van der Waals surface area contributed by atoms with Gasteiger partial charge >= 0.3 is 0 Å². The zero-order chi connectivity index (χ0) is 22.9. The highest BCUT2D eigenvalue weighted by molar-refractivity contribution is 6.32. The van der Waals surface area contributed by atoms with Gasteiger partial charge in [0.05, 0.1) is 24.3 Å². The number of halogens is 2. The Morgan fingerprint density at radius 1 is 0.676 bits per heavy atom. The molecule has 2 aromatic carbocycles. The Balaban J connectivity index is 0.00000289. The van der Waals surface area contributed by atoms with Crippen LogP contribution in [0.1, 0.15) is 44.3 Å². The van der Waals surface area contributed by atoms with Crippen LogP contribution in [0.25, 0.3) is 0 Å². The molecule has 0 aliphatic heterocycles. The van der Waals surface area contributed by atoms with Crippen LogP contribution in [0, 0.1) is 0 Å². The molecule has 0 amide bonds. The predicted octanol–water partition coefficient (Wildman–Crippen LogP) is 1.86. The molecule has 0 spiro atoms. The molecule has 2 aromatic rings. The molecular formula is C24H34Cl2N4O4. The van der Waals surface area contributed by atoms with Crippen LogP contribution in [0.15, 0.2) is 30.3 Å². The minimum absolute atomic E-state index is 0. The summed E-state index contributed by atoms with van der Waals surface area (Å²) in [6.07, 6.45) is 0.667. The quantitative estimate of drug-likeness (QED) is 0.192. The highest BCUT2D eigenvalue weighted by atomic mass is 35.5. The number of carbonyl (C=O) groups is 2. The molecule has 0 saturated heterocycles. The number of hydrogen-bond acceptors (Lipinski definition) is 8. The summed E-state index contributed by atoms with van der Waals surface area (Å²) in [6.45, 7) is 5.43. The van der Waals surface area contributed by atoms with Gasteiger partial charge in [0.2, 0.25) is 0 Å². The fraction of sp³-hybridized carbons (Fsp3) is 0.417. The smallest absolute Gasteiger partial charge is 0.196 e. The van der Waals surface area contributed by atoms with Crippen molar-refractivity contribution in [3.63, 3.8) is 0 Å². The largest absolute Gasteiger partial charge is 0.395 e. The van der Waals surface area contributed by atoms with E-state index in [0.29, 0.717) is 79.3 Å². The maximum Gasteiger partial charge on any atom is 0.196 e. The second-order valence-corrected chi connectivity index (χ2v) is 7.56. The Labute approximate surface area is 212 Å². The van der Waals surface area contributed by atoms with E-state index in [-0.39, 0.29) is 49.6 Å². The molecule has 34 heavy (non-hydrogen) atoms. The number of nitrogens with one attached hydrogen (secondary N) is 4. The molecule has 0 bridgehead atoms. The Morgan fingerprint density at radius 3 is 1.71 bits per heavy atom. The van der Waals surface area contributed by atoms with E-state index in [4.69, 9.17) is 10.2 Å². The number of aliphatic hydroxyl groups is 2. The van der Waals surface area contributed by atoms with Crippen molar-refractivity contribution in [3.8, 4) is 0 Å². The molecule has 3 rings (SSSR count). The molecule has 6 N–H and O–H groups in total. The van der Waals surface area contributed by atoms with Crippen molar-refractivity contribution < 1.29 is 19.8 Å². The molecule has 188 valence electrons. The topological polar surface area (TPSA) is 123 Å². The first-order valence-corrected chi connectivity index (χ1v) is 11.1. The minimum Gasteiger partial charge on any atom is -0.395 e. The van der Waals surface area contributed by atoms with Gasteiger partial charge in [0.15, 0.2) is 11.6 Å². The van der Waals surface area contributed by atoms with Crippen molar-refractivity contribution in [1.29, 1.82) is 0 Å². The van der Waals surface area contributed by atoms with Crippen LogP contribution in [-0.4, -0.2) is 74.3 Å². The number of anilines is 2. The molecule has 0 aromatic heterocycles. The number of hydrogen-bond donors (Lipinski definition) is 6. The van der Waals surface area contributed by atoms with Crippen LogP contribution in [0.2, 0.25) is 0 Å². The number of aliphatic hydroxyl groups excluding tert-OH is 2. The van der Waals surface area contributed by atoms with E-state index in [1.54, 1.807) is 6.07 Å². The fourth-order valence-corrected chi connectivity index (χ4v) is 3.96. The zero-order valence-electron chi connectivity index (χ0n) is 19.3. The summed E-state index contributed by atoms with van der Waals surface area (Å²) in [5, 5.41) is 30.5. The zero-order valence-corrected chi connectivity index (χ0v) is 20.9. The lowest BCUT2D eigenvalue weighted by Gasteiger charge is -2.25. The van der Waals surface area contributed by atoms with Crippen molar-refractivity contribution in [2.75, 3.05) is 63.1 Å². The molecule has 1 aliphatic carbocycles. The van der Waals surface area contributed by atoms with Gasteiger partial charge in [0, 0.05) is 61.8 Å². The standard InChI is InChI=1S/C24H32N4O4.2ClH/c1-2-16-4-3-5-17-20(16)24(32)22-19(28-11-9-26-13-15-30)7-6-18(21(22)23(17)31)27-10-8-25-12-14-29;;/h3-7,25-30H,2,8-15H2,1H3;2*1H. The summed E-state index contributed by atoms with van der Waals surface area (Å²) < 4.78 is 0. The molecule has 10 heteroatoms. The molecule has 0 radical (unpaired) electrons. The second-order valence-electron chi connectivity index (χ2n) is 7.56. The third kappa shape index (κ3) is 6.69. The maximum absolute atomic E-state index is 13.6. The molecule has 0 heterocycles. The number of aryl methyl sites for hydroxylation is 1. The Kier molecular flexibility index (Phi) is 13.1. The predicted molar refractivity (Wildman–Crippen MR) is 141 cm³/mol. The van der Waals surface area contributed by atoms with Gasteiger partial charge in [0.1, 0.15) is 0 Å². The van der Waals surface area contributed by atoms with Gasteiger partial charge in [-0.15, -0.1) is 24.8 Å². The Morgan fingerprint density at radius 2 is 1.21 bits per heavy atom. The van der Waals surface area contributed by atoms with Gasteiger partial charge in [-0.25, -0.2) is 0 Å². The van der Waals surface area contributed by atoms with Gasteiger partial charge < -0.3 is 31.5 Å². The number of benzene rings is 2. The normalized spacial score (nSPS) is 11.7. The minimum atomic E-state index is -0.155. The summed E-state index contributed by atoms with van der Waals surface area (Å²) in [7, 11) is 0. The van der Waals surface area contributed by atoms with Gasteiger partial charge in [-0.05, 0) is 24.1 Å². The van der Waals surface area contributed by atoms with Crippen LogP contribution >= 0.6 is 24.8 Å². The van der Waals surface area contributed by atoms with E-state index < -0.39 is 0 Å². The summed E-state index contributed by atoms with van der Waals surface area (Å²) in [5.41, 5.74) is 3.87. The molecule has 0 fully saturated rings. The van der Waals surface area contributed by atoms with E-state index in [1.807, 2.05) is 31.2 Å². The monoisotopic (exact) mass is 512 g/mol. The van der Waals surface area contributed by atoms with Gasteiger partial charge in [-0.1, -0.05) is 25.1 Å². The summed E-state index contributed by atoms with van der Waals surface area (Å²) in [5.74, 6) is -0.294. The van der Waals surface area contributed by atoms with Gasteiger partial charge in [0.25, 0.3) is 0 Å². The third-order valence-electron chi connectivity index (χ3n) is 5.47. The van der Waals surface area contributed by atoms with Crippen molar-refractivity contribution in [1.82, 2.24) is 10.6 Å². The van der Waals surface area contributed by atoms with Crippen molar-refractivity contribution >= 4 is 47.8 Å². The summed E-state index contributed by atoms with van der Waals surface area (Å²) in [4.78, 5) is 27.2. The first kappa shape index (κ1) is 29.8. The van der Waals surface area contributed by atoms with E-state index in [0.717, 1.165) is 5.56 Å². The second kappa shape index (κ2) is 14.9. The number of carbonyl (C=O) groups excluding carboxylic acids is 2. The Hall–Kier alpha value is -2.20. The van der Waals surface area contributed by atoms with Crippen LogP contribution in [0.4, 0.5) is 11.4 Å². The van der Waals surface area contributed by atoms with Gasteiger partial charge in [-0.2, -0.15) is 0 Å². The van der Waals surface area contributed by atoms with E-state index >= 15 is 0 Å². The van der Waals surface area contributed by atoms with Crippen LogP contribution in [-0.2, 0) is 6.42 Å². The fourth-order valence-electron chi connectivity index (χ4n) is 3.96. The molecule has 0 saturated carbocycles. The number of ketones is 2.